The predicted molar refractivity (Wildman–Crippen MR) is 86.9 cm³/mol. The average molecular weight is 345 g/mol. The van der Waals surface area contributed by atoms with E-state index in [1.165, 1.54) is 11.1 Å². The van der Waals surface area contributed by atoms with Crippen LogP contribution in [0.3, 0.4) is 0 Å². The van der Waals surface area contributed by atoms with Crippen LogP contribution in [0.4, 0.5) is 0 Å². The summed E-state index contributed by atoms with van der Waals surface area (Å²) in [6, 6.07) is 18.3. The van der Waals surface area contributed by atoms with Gasteiger partial charge in [0.1, 0.15) is 11.8 Å². The van der Waals surface area contributed by atoms with E-state index in [9.17, 15) is 0 Å². The van der Waals surface area contributed by atoms with Crippen molar-refractivity contribution < 1.29 is 4.74 Å². The van der Waals surface area contributed by atoms with Crippen LogP contribution in [0.2, 0.25) is 0 Å². The Morgan fingerprint density at radius 3 is 2.67 bits per heavy atom. The van der Waals surface area contributed by atoms with Crippen molar-refractivity contribution in [1.29, 1.82) is 5.26 Å². The van der Waals surface area contributed by atoms with E-state index in [-0.39, 0.29) is 12.6 Å². The standard InChI is InChI=1S/C17H17BrN2O/c1-13(15-3-2-4-16(18)11-15)20-12-14-5-7-17(8-6-14)21-10-9-19/h2-8,11,13,20H,10,12H2,1H3/t13-/m0/s1. The molecule has 0 heterocycles. The minimum Gasteiger partial charge on any atom is -0.479 e. The number of nitrogens with one attached hydrogen (secondary N) is 1. The van der Waals surface area contributed by atoms with Gasteiger partial charge in [-0.25, -0.2) is 0 Å². The Morgan fingerprint density at radius 1 is 1.24 bits per heavy atom. The highest BCUT2D eigenvalue weighted by atomic mass is 79.9. The lowest BCUT2D eigenvalue weighted by atomic mass is 10.1. The lowest BCUT2D eigenvalue weighted by Gasteiger charge is -2.15. The van der Waals surface area contributed by atoms with Crippen molar-refractivity contribution in [3.8, 4) is 11.8 Å². The van der Waals surface area contributed by atoms with E-state index in [2.05, 4.69) is 40.3 Å². The van der Waals surface area contributed by atoms with Gasteiger partial charge < -0.3 is 10.1 Å². The second-order valence-electron chi connectivity index (χ2n) is 4.75. The number of nitriles is 1. The first-order valence-electron chi connectivity index (χ1n) is 6.76. The van der Waals surface area contributed by atoms with Crippen molar-refractivity contribution in [3.63, 3.8) is 0 Å². The topological polar surface area (TPSA) is 45.0 Å². The van der Waals surface area contributed by atoms with Gasteiger partial charge in [0.15, 0.2) is 6.61 Å². The maximum atomic E-state index is 8.47. The minimum atomic E-state index is 0.0809. The smallest absolute Gasteiger partial charge is 0.174 e. The highest BCUT2D eigenvalue weighted by molar-refractivity contribution is 9.10. The zero-order chi connectivity index (χ0) is 15.1. The molecule has 0 saturated heterocycles. The Labute approximate surface area is 133 Å². The Hall–Kier alpha value is -1.83. The number of hydrogen-bond acceptors (Lipinski definition) is 3. The summed E-state index contributed by atoms with van der Waals surface area (Å²) in [6.07, 6.45) is 0. The second-order valence-corrected chi connectivity index (χ2v) is 5.66. The first kappa shape index (κ1) is 15.6. The largest absolute Gasteiger partial charge is 0.479 e. The summed E-state index contributed by atoms with van der Waals surface area (Å²) in [5.41, 5.74) is 2.43. The summed E-state index contributed by atoms with van der Waals surface area (Å²) in [5.74, 6) is 0.723. The van der Waals surface area contributed by atoms with Crippen LogP contribution in [-0.2, 0) is 6.54 Å². The van der Waals surface area contributed by atoms with Crippen molar-refractivity contribution in [3.05, 3.63) is 64.1 Å². The van der Waals surface area contributed by atoms with Crippen LogP contribution in [0.25, 0.3) is 0 Å². The average Bonchev–Trinajstić information content (AvgIpc) is 2.51. The summed E-state index contributed by atoms with van der Waals surface area (Å²) in [7, 11) is 0. The SMILES string of the molecule is C[C@H](NCc1ccc(OCC#N)cc1)c1cccc(Br)c1. The molecule has 0 amide bonds. The quantitative estimate of drug-likeness (QED) is 0.853. The Kier molecular flexibility index (Phi) is 5.79. The van der Waals surface area contributed by atoms with Crippen LogP contribution in [0.15, 0.2) is 53.0 Å². The van der Waals surface area contributed by atoms with E-state index in [0.717, 1.165) is 16.8 Å². The molecule has 108 valence electrons. The zero-order valence-electron chi connectivity index (χ0n) is 11.8. The van der Waals surface area contributed by atoms with Gasteiger partial charge in [-0.15, -0.1) is 0 Å². The second kappa shape index (κ2) is 7.82. The van der Waals surface area contributed by atoms with Gasteiger partial charge in [0, 0.05) is 17.1 Å². The summed E-state index contributed by atoms with van der Waals surface area (Å²) in [6.45, 7) is 3.01. The Bertz CT molecular complexity index is 619. The molecule has 1 N–H and O–H groups in total. The van der Waals surface area contributed by atoms with Crippen molar-refractivity contribution in [2.45, 2.75) is 19.5 Å². The van der Waals surface area contributed by atoms with Gasteiger partial charge in [0.25, 0.3) is 0 Å². The third-order valence-corrected chi connectivity index (χ3v) is 3.68. The number of nitrogens with zero attached hydrogens (tertiary/aromatic N) is 1. The molecule has 0 aliphatic carbocycles. The van der Waals surface area contributed by atoms with Gasteiger partial charge in [-0.05, 0) is 42.3 Å². The minimum absolute atomic E-state index is 0.0809. The van der Waals surface area contributed by atoms with Crippen LogP contribution < -0.4 is 10.1 Å². The van der Waals surface area contributed by atoms with Gasteiger partial charge in [-0.1, -0.05) is 40.2 Å². The highest BCUT2D eigenvalue weighted by Gasteiger charge is 2.05. The normalized spacial score (nSPS) is 11.7. The maximum absolute atomic E-state index is 8.47. The van der Waals surface area contributed by atoms with Gasteiger partial charge in [-0.3, -0.25) is 0 Å². The fourth-order valence-corrected chi connectivity index (χ4v) is 2.40. The molecule has 4 heteroatoms. The molecule has 0 radical (unpaired) electrons. The molecule has 2 aromatic carbocycles. The fourth-order valence-electron chi connectivity index (χ4n) is 1.98. The van der Waals surface area contributed by atoms with Crippen molar-refractivity contribution in [1.82, 2.24) is 5.32 Å². The van der Waals surface area contributed by atoms with Crippen LogP contribution in [0.5, 0.6) is 5.75 Å². The Balaban J connectivity index is 1.89. The zero-order valence-corrected chi connectivity index (χ0v) is 13.4. The number of benzene rings is 2. The number of hydrogen-bond donors (Lipinski definition) is 1. The van der Waals surface area contributed by atoms with Crippen molar-refractivity contribution in [2.75, 3.05) is 6.61 Å². The molecule has 3 nitrogen and oxygen atoms in total. The molecule has 1 atom stereocenters. The summed E-state index contributed by atoms with van der Waals surface area (Å²) in [4.78, 5) is 0. The predicted octanol–water partition coefficient (Wildman–Crippen LogP) is 4.20. The molecule has 0 aliphatic rings. The Morgan fingerprint density at radius 2 is 2.00 bits per heavy atom. The van der Waals surface area contributed by atoms with E-state index >= 15 is 0 Å². The maximum Gasteiger partial charge on any atom is 0.174 e. The van der Waals surface area contributed by atoms with Crippen LogP contribution >= 0.6 is 15.9 Å². The van der Waals surface area contributed by atoms with Crippen molar-refractivity contribution in [2.24, 2.45) is 0 Å². The van der Waals surface area contributed by atoms with Crippen molar-refractivity contribution >= 4 is 15.9 Å². The van der Waals surface area contributed by atoms with Gasteiger partial charge in [-0.2, -0.15) is 5.26 Å². The van der Waals surface area contributed by atoms with E-state index in [1.54, 1.807) is 0 Å². The highest BCUT2D eigenvalue weighted by Crippen LogP contribution is 2.18. The molecule has 21 heavy (non-hydrogen) atoms. The first-order valence-corrected chi connectivity index (χ1v) is 7.56. The lowest BCUT2D eigenvalue weighted by Crippen LogP contribution is -2.18. The lowest BCUT2D eigenvalue weighted by molar-refractivity contribution is 0.368. The molecule has 0 aliphatic heterocycles. The number of ether oxygens (including phenoxy) is 1. The molecule has 0 fully saturated rings. The molecule has 0 unspecified atom stereocenters. The molecule has 0 saturated carbocycles. The molecular weight excluding hydrogens is 328 g/mol. The van der Waals surface area contributed by atoms with E-state index < -0.39 is 0 Å². The molecule has 0 spiro atoms. The summed E-state index contributed by atoms with van der Waals surface area (Å²) >= 11 is 3.49. The fraction of sp³-hybridized carbons (Fsp3) is 0.235. The van der Waals surface area contributed by atoms with Gasteiger partial charge in [0.05, 0.1) is 0 Å². The monoisotopic (exact) mass is 344 g/mol. The van der Waals surface area contributed by atoms with Crippen LogP contribution in [-0.4, -0.2) is 6.61 Å². The molecule has 2 aromatic rings. The number of rotatable bonds is 6. The van der Waals surface area contributed by atoms with Gasteiger partial charge in [0.2, 0.25) is 0 Å². The van der Waals surface area contributed by atoms with Crippen LogP contribution in [0.1, 0.15) is 24.1 Å². The van der Waals surface area contributed by atoms with E-state index in [4.69, 9.17) is 10.00 Å². The van der Waals surface area contributed by atoms with E-state index in [1.807, 2.05) is 42.5 Å². The van der Waals surface area contributed by atoms with Gasteiger partial charge >= 0.3 is 0 Å². The summed E-state index contributed by atoms with van der Waals surface area (Å²) in [5, 5.41) is 12.0. The molecular formula is C17H17BrN2O. The molecule has 0 bridgehead atoms. The summed E-state index contributed by atoms with van der Waals surface area (Å²) < 4.78 is 6.32. The van der Waals surface area contributed by atoms with Crippen LogP contribution in [0, 0.1) is 11.3 Å². The number of halogens is 1. The van der Waals surface area contributed by atoms with E-state index in [0.29, 0.717) is 0 Å². The third-order valence-electron chi connectivity index (χ3n) is 3.19. The third kappa shape index (κ3) is 4.89. The first-order chi connectivity index (χ1) is 10.2. The molecule has 2 rings (SSSR count). The molecule has 0 aromatic heterocycles.